The van der Waals surface area contributed by atoms with E-state index in [9.17, 15) is 9.59 Å². The highest BCUT2D eigenvalue weighted by Crippen LogP contribution is 2.23. The molecule has 0 unspecified atom stereocenters. The van der Waals surface area contributed by atoms with Gasteiger partial charge in [-0.3, -0.25) is 4.79 Å². The highest BCUT2D eigenvalue weighted by Gasteiger charge is 2.09. The van der Waals surface area contributed by atoms with E-state index in [1.807, 2.05) is 0 Å². The van der Waals surface area contributed by atoms with Crippen LogP contribution < -0.4 is 5.32 Å². The van der Waals surface area contributed by atoms with Gasteiger partial charge < -0.3 is 15.2 Å². The minimum absolute atomic E-state index is 0.159. The van der Waals surface area contributed by atoms with E-state index in [-0.39, 0.29) is 17.9 Å². The third-order valence-corrected chi connectivity index (χ3v) is 2.68. The number of ether oxygens (including phenoxy) is 1. The molecule has 0 saturated carbocycles. The van der Waals surface area contributed by atoms with E-state index in [0.29, 0.717) is 16.8 Å². The molecule has 0 atom stereocenters. The SMILES string of the molecule is COCCC(=O)Nc1ccc(C(=O)O)cc1Br. The number of hydrogen-bond acceptors (Lipinski definition) is 3. The Morgan fingerprint density at radius 2 is 2.18 bits per heavy atom. The number of nitrogens with one attached hydrogen (secondary N) is 1. The smallest absolute Gasteiger partial charge is 0.335 e. The van der Waals surface area contributed by atoms with Gasteiger partial charge in [0.05, 0.1) is 24.3 Å². The van der Waals surface area contributed by atoms with E-state index in [1.54, 1.807) is 0 Å². The summed E-state index contributed by atoms with van der Waals surface area (Å²) in [6, 6.07) is 4.41. The number of carbonyl (C=O) groups is 2. The lowest BCUT2D eigenvalue weighted by molar-refractivity contribution is -0.117. The van der Waals surface area contributed by atoms with Crippen LogP contribution in [0.1, 0.15) is 16.8 Å². The first-order valence-electron chi connectivity index (χ1n) is 4.86. The molecule has 0 aliphatic carbocycles. The predicted molar refractivity (Wildman–Crippen MR) is 66.2 cm³/mol. The Balaban J connectivity index is 2.72. The van der Waals surface area contributed by atoms with E-state index >= 15 is 0 Å². The number of hydrogen-bond donors (Lipinski definition) is 2. The molecular formula is C11H12BrNO4. The summed E-state index contributed by atoms with van der Waals surface area (Å²) in [5.74, 6) is -1.20. The largest absolute Gasteiger partial charge is 0.478 e. The maximum Gasteiger partial charge on any atom is 0.335 e. The maximum atomic E-state index is 11.4. The van der Waals surface area contributed by atoms with Crippen LogP contribution in [0.5, 0.6) is 0 Å². The maximum absolute atomic E-state index is 11.4. The van der Waals surface area contributed by atoms with Crippen LogP contribution >= 0.6 is 15.9 Å². The Labute approximate surface area is 107 Å². The zero-order valence-electron chi connectivity index (χ0n) is 9.20. The topological polar surface area (TPSA) is 75.6 Å². The Morgan fingerprint density at radius 3 is 2.71 bits per heavy atom. The van der Waals surface area contributed by atoms with Crippen molar-refractivity contribution in [2.45, 2.75) is 6.42 Å². The van der Waals surface area contributed by atoms with Gasteiger partial charge in [-0.1, -0.05) is 0 Å². The lowest BCUT2D eigenvalue weighted by Gasteiger charge is -2.07. The standard InChI is InChI=1S/C11H12BrNO4/c1-17-5-4-10(14)13-9-3-2-7(11(15)16)6-8(9)12/h2-3,6H,4-5H2,1H3,(H,13,14)(H,15,16). The average Bonchev–Trinajstić information content (AvgIpc) is 2.28. The van der Waals surface area contributed by atoms with Crippen LogP contribution in [0.4, 0.5) is 5.69 Å². The lowest BCUT2D eigenvalue weighted by Crippen LogP contribution is -2.14. The van der Waals surface area contributed by atoms with Crippen LogP contribution in [-0.4, -0.2) is 30.7 Å². The van der Waals surface area contributed by atoms with Gasteiger partial charge in [0.15, 0.2) is 0 Å². The van der Waals surface area contributed by atoms with E-state index in [0.717, 1.165) is 0 Å². The molecule has 0 heterocycles. The van der Waals surface area contributed by atoms with Gasteiger partial charge in [0, 0.05) is 11.6 Å². The number of aromatic carboxylic acids is 1. The van der Waals surface area contributed by atoms with Gasteiger partial charge in [-0.15, -0.1) is 0 Å². The number of methoxy groups -OCH3 is 1. The molecule has 6 heteroatoms. The minimum Gasteiger partial charge on any atom is -0.478 e. The molecule has 0 aromatic heterocycles. The fourth-order valence-corrected chi connectivity index (χ4v) is 1.63. The predicted octanol–water partition coefficient (Wildman–Crippen LogP) is 2.12. The average molecular weight is 302 g/mol. The fraction of sp³-hybridized carbons (Fsp3) is 0.273. The molecule has 2 N–H and O–H groups in total. The van der Waals surface area contributed by atoms with Crippen molar-refractivity contribution in [1.29, 1.82) is 0 Å². The van der Waals surface area contributed by atoms with Crippen molar-refractivity contribution in [3.8, 4) is 0 Å². The Morgan fingerprint density at radius 1 is 1.47 bits per heavy atom. The number of carboxylic acids is 1. The molecule has 0 aliphatic heterocycles. The highest BCUT2D eigenvalue weighted by molar-refractivity contribution is 9.10. The van der Waals surface area contributed by atoms with Crippen molar-refractivity contribution in [2.75, 3.05) is 19.0 Å². The van der Waals surface area contributed by atoms with Gasteiger partial charge in [-0.05, 0) is 34.1 Å². The summed E-state index contributed by atoms with van der Waals surface area (Å²) in [7, 11) is 1.52. The van der Waals surface area contributed by atoms with Crippen molar-refractivity contribution < 1.29 is 19.4 Å². The van der Waals surface area contributed by atoms with Crippen molar-refractivity contribution in [2.24, 2.45) is 0 Å². The molecule has 17 heavy (non-hydrogen) atoms. The van der Waals surface area contributed by atoms with Crippen LogP contribution in [0.25, 0.3) is 0 Å². The first-order valence-corrected chi connectivity index (χ1v) is 5.65. The highest BCUT2D eigenvalue weighted by atomic mass is 79.9. The second kappa shape index (κ2) is 6.36. The molecular weight excluding hydrogens is 290 g/mol. The number of rotatable bonds is 5. The van der Waals surface area contributed by atoms with Crippen molar-refractivity contribution in [1.82, 2.24) is 0 Å². The van der Waals surface area contributed by atoms with Crippen molar-refractivity contribution in [3.63, 3.8) is 0 Å². The van der Waals surface area contributed by atoms with Gasteiger partial charge in [-0.2, -0.15) is 0 Å². The van der Waals surface area contributed by atoms with Crippen molar-refractivity contribution >= 4 is 33.5 Å². The molecule has 0 spiro atoms. The molecule has 0 fully saturated rings. The molecule has 1 amide bonds. The van der Waals surface area contributed by atoms with E-state index < -0.39 is 5.97 Å². The summed E-state index contributed by atoms with van der Waals surface area (Å²) >= 11 is 3.20. The zero-order chi connectivity index (χ0) is 12.8. The normalized spacial score (nSPS) is 10.0. The quantitative estimate of drug-likeness (QED) is 0.873. The van der Waals surface area contributed by atoms with Crippen LogP contribution in [-0.2, 0) is 9.53 Å². The Bertz CT molecular complexity index is 433. The summed E-state index contributed by atoms with van der Waals surface area (Å²) in [6.45, 7) is 0.344. The third-order valence-electron chi connectivity index (χ3n) is 2.02. The molecule has 0 bridgehead atoms. The van der Waals surface area contributed by atoms with Gasteiger partial charge in [0.1, 0.15) is 0 Å². The molecule has 1 rings (SSSR count). The molecule has 5 nitrogen and oxygen atoms in total. The molecule has 92 valence electrons. The third kappa shape index (κ3) is 4.16. The number of halogens is 1. The first-order chi connectivity index (χ1) is 8.04. The van der Waals surface area contributed by atoms with Crippen LogP contribution in [0, 0.1) is 0 Å². The number of carbonyl (C=O) groups excluding carboxylic acids is 1. The summed E-state index contributed by atoms with van der Waals surface area (Å²) < 4.78 is 5.31. The zero-order valence-corrected chi connectivity index (χ0v) is 10.8. The summed E-state index contributed by atoms with van der Waals surface area (Å²) in [5, 5.41) is 11.4. The summed E-state index contributed by atoms with van der Waals surface area (Å²) in [6.07, 6.45) is 0.254. The van der Waals surface area contributed by atoms with Crippen LogP contribution in [0.2, 0.25) is 0 Å². The molecule has 1 aromatic carbocycles. The first kappa shape index (κ1) is 13.7. The number of amides is 1. The lowest BCUT2D eigenvalue weighted by atomic mass is 10.2. The summed E-state index contributed by atoms with van der Waals surface area (Å²) in [4.78, 5) is 22.1. The number of carboxylic acid groups (broad SMARTS) is 1. The second-order valence-corrected chi connectivity index (χ2v) is 4.15. The van der Waals surface area contributed by atoms with Crippen molar-refractivity contribution in [3.05, 3.63) is 28.2 Å². The van der Waals surface area contributed by atoms with Crippen LogP contribution in [0.15, 0.2) is 22.7 Å². The Hall–Kier alpha value is -1.40. The fourth-order valence-electron chi connectivity index (χ4n) is 1.16. The van der Waals surface area contributed by atoms with E-state index in [1.165, 1.54) is 25.3 Å². The van der Waals surface area contributed by atoms with Gasteiger partial charge in [-0.25, -0.2) is 4.79 Å². The monoisotopic (exact) mass is 301 g/mol. The van der Waals surface area contributed by atoms with Gasteiger partial charge >= 0.3 is 5.97 Å². The number of benzene rings is 1. The minimum atomic E-state index is -1.01. The molecule has 0 saturated heterocycles. The van der Waals surface area contributed by atoms with E-state index in [2.05, 4.69) is 21.2 Å². The van der Waals surface area contributed by atoms with Gasteiger partial charge in [0.25, 0.3) is 0 Å². The molecule has 0 radical (unpaired) electrons. The Kier molecular flexibility index (Phi) is 5.11. The van der Waals surface area contributed by atoms with Crippen LogP contribution in [0.3, 0.4) is 0 Å². The molecule has 0 aliphatic rings. The second-order valence-electron chi connectivity index (χ2n) is 3.29. The van der Waals surface area contributed by atoms with Gasteiger partial charge in [0.2, 0.25) is 5.91 Å². The number of anilines is 1. The van der Waals surface area contributed by atoms with E-state index in [4.69, 9.17) is 9.84 Å². The summed E-state index contributed by atoms with van der Waals surface area (Å²) in [5.41, 5.74) is 0.697. The molecule has 1 aromatic rings.